The first-order valence-electron chi connectivity index (χ1n) is 11.4. The van der Waals surface area contributed by atoms with Crippen LogP contribution in [0.2, 0.25) is 0 Å². The van der Waals surface area contributed by atoms with E-state index in [1.165, 1.54) is 60.4 Å². The second-order valence-electron chi connectivity index (χ2n) is 8.67. The molecule has 0 aliphatic rings. The molecule has 0 aliphatic carbocycles. The van der Waals surface area contributed by atoms with Gasteiger partial charge in [-0.2, -0.15) is 0 Å². The van der Waals surface area contributed by atoms with Crippen LogP contribution in [0.15, 0.2) is 115 Å². The van der Waals surface area contributed by atoms with Crippen molar-refractivity contribution < 1.29 is 0 Å². The fourth-order valence-corrected chi connectivity index (χ4v) is 5.48. The van der Waals surface area contributed by atoms with Gasteiger partial charge in [-0.05, 0) is 41.5 Å². The highest BCUT2D eigenvalue weighted by Gasteiger charge is 2.22. The highest BCUT2D eigenvalue weighted by atomic mass is 15.0. The zero-order chi connectivity index (χ0) is 21.9. The van der Waals surface area contributed by atoms with Crippen LogP contribution >= 0.6 is 0 Å². The third-order valence-corrected chi connectivity index (χ3v) is 6.91. The van der Waals surface area contributed by atoms with Gasteiger partial charge in [0.15, 0.2) is 0 Å². The summed E-state index contributed by atoms with van der Waals surface area (Å²) in [5.41, 5.74) is 8.71. The number of hydrogen-bond acceptors (Lipinski definition) is 0. The third kappa shape index (κ3) is 2.49. The lowest BCUT2D eigenvalue weighted by Gasteiger charge is -2.11. The van der Waals surface area contributed by atoms with Crippen LogP contribution in [0.25, 0.3) is 60.4 Å². The van der Waals surface area contributed by atoms with Gasteiger partial charge in [0, 0.05) is 39.8 Å². The van der Waals surface area contributed by atoms with Gasteiger partial charge in [0.1, 0.15) is 0 Å². The van der Waals surface area contributed by atoms with Crippen LogP contribution in [-0.4, -0.2) is 9.13 Å². The van der Waals surface area contributed by atoms with Crippen LogP contribution in [-0.2, 0) is 7.05 Å². The standard InChI is InChI=1S/C31H22N2/c1-32-26-18-10-8-16-23(26)30-28(32)20-25(21-12-4-2-5-13-21)29-24-17-9-11-19-27(24)33(31(29)30)22-14-6-3-7-15-22/h2-20H,1H3. The van der Waals surface area contributed by atoms with Crippen LogP contribution in [0.1, 0.15) is 0 Å². The van der Waals surface area contributed by atoms with E-state index in [0.717, 1.165) is 0 Å². The molecule has 2 heteroatoms. The summed E-state index contributed by atoms with van der Waals surface area (Å²) < 4.78 is 4.79. The van der Waals surface area contributed by atoms with E-state index in [9.17, 15) is 0 Å². The van der Waals surface area contributed by atoms with E-state index in [-0.39, 0.29) is 0 Å². The van der Waals surface area contributed by atoms with E-state index in [1.807, 2.05) is 0 Å². The zero-order valence-electron chi connectivity index (χ0n) is 18.4. The molecule has 2 heterocycles. The Morgan fingerprint density at radius 3 is 1.82 bits per heavy atom. The average Bonchev–Trinajstić information content (AvgIpc) is 3.37. The average molecular weight is 423 g/mol. The van der Waals surface area contributed by atoms with Gasteiger partial charge in [0.25, 0.3) is 0 Å². The molecule has 7 aromatic rings. The first kappa shape index (κ1) is 18.3. The summed E-state index contributed by atoms with van der Waals surface area (Å²) in [7, 11) is 2.18. The third-order valence-electron chi connectivity index (χ3n) is 6.91. The first-order valence-corrected chi connectivity index (χ1v) is 11.4. The number of benzene rings is 5. The molecule has 33 heavy (non-hydrogen) atoms. The Morgan fingerprint density at radius 1 is 0.515 bits per heavy atom. The summed E-state index contributed by atoms with van der Waals surface area (Å²) in [6, 6.07) is 41.5. The second kappa shape index (κ2) is 6.85. The minimum Gasteiger partial charge on any atom is -0.344 e. The lowest BCUT2D eigenvalue weighted by atomic mass is 9.97. The van der Waals surface area contributed by atoms with Crippen molar-refractivity contribution in [3.05, 3.63) is 115 Å². The summed E-state index contributed by atoms with van der Waals surface area (Å²) in [6.45, 7) is 0. The molecule has 2 aromatic heterocycles. The molecule has 0 fully saturated rings. The molecule has 0 saturated heterocycles. The van der Waals surface area contributed by atoms with Gasteiger partial charge in [0.2, 0.25) is 0 Å². The quantitative estimate of drug-likeness (QED) is 0.266. The zero-order valence-corrected chi connectivity index (χ0v) is 18.4. The summed E-state index contributed by atoms with van der Waals surface area (Å²) in [4.78, 5) is 0. The molecule has 0 radical (unpaired) electrons. The van der Waals surface area contributed by atoms with Crippen molar-refractivity contribution in [3.63, 3.8) is 0 Å². The Labute approximate surface area is 191 Å². The molecule has 5 aromatic carbocycles. The lowest BCUT2D eigenvalue weighted by Crippen LogP contribution is -1.94. The predicted octanol–water partition coefficient (Wildman–Crippen LogP) is 8.10. The van der Waals surface area contributed by atoms with Crippen molar-refractivity contribution in [2.24, 2.45) is 7.05 Å². The van der Waals surface area contributed by atoms with Crippen LogP contribution in [0.4, 0.5) is 0 Å². The minimum atomic E-state index is 1.18. The number of aromatic nitrogens is 2. The lowest BCUT2D eigenvalue weighted by molar-refractivity contribution is 1.01. The first-order chi connectivity index (χ1) is 16.3. The highest BCUT2D eigenvalue weighted by Crippen LogP contribution is 2.45. The fraction of sp³-hybridized carbons (Fsp3) is 0.0323. The maximum Gasteiger partial charge on any atom is 0.0647 e. The van der Waals surface area contributed by atoms with Gasteiger partial charge < -0.3 is 9.13 Å². The molecule has 7 rings (SSSR count). The Balaban J connectivity index is 1.84. The molecule has 0 aliphatic heterocycles. The van der Waals surface area contributed by atoms with Crippen LogP contribution in [0, 0.1) is 0 Å². The number of aryl methyl sites for hydroxylation is 1. The molecule has 0 atom stereocenters. The smallest absolute Gasteiger partial charge is 0.0647 e. The molecule has 0 spiro atoms. The monoisotopic (exact) mass is 422 g/mol. The second-order valence-corrected chi connectivity index (χ2v) is 8.67. The predicted molar refractivity (Wildman–Crippen MR) is 140 cm³/mol. The van der Waals surface area contributed by atoms with E-state index in [1.54, 1.807) is 0 Å². The highest BCUT2D eigenvalue weighted by molar-refractivity contribution is 6.29. The van der Waals surface area contributed by atoms with Crippen LogP contribution in [0.5, 0.6) is 0 Å². The molecular formula is C31H22N2. The normalized spacial score (nSPS) is 11.8. The fourth-order valence-electron chi connectivity index (χ4n) is 5.48. The SMILES string of the molecule is Cn1c2ccccc2c2c1cc(-c1ccccc1)c1c3ccccc3n(-c3ccccc3)c12. The summed E-state index contributed by atoms with van der Waals surface area (Å²) in [5, 5.41) is 5.19. The molecule has 0 saturated carbocycles. The maximum atomic E-state index is 2.45. The summed E-state index contributed by atoms with van der Waals surface area (Å²) in [5.74, 6) is 0. The van der Waals surface area contributed by atoms with Crippen molar-refractivity contribution >= 4 is 43.6 Å². The molecule has 2 nitrogen and oxygen atoms in total. The Hall–Kier alpha value is -4.30. The van der Waals surface area contributed by atoms with Gasteiger partial charge in [-0.15, -0.1) is 0 Å². The molecule has 0 amide bonds. The minimum absolute atomic E-state index is 1.18. The number of nitrogens with zero attached hydrogens (tertiary/aromatic N) is 2. The van der Waals surface area contributed by atoms with Gasteiger partial charge >= 0.3 is 0 Å². The summed E-state index contributed by atoms with van der Waals surface area (Å²) in [6.07, 6.45) is 0. The molecule has 0 N–H and O–H groups in total. The van der Waals surface area contributed by atoms with Crippen LogP contribution < -0.4 is 0 Å². The van der Waals surface area contributed by atoms with Gasteiger partial charge in [-0.25, -0.2) is 0 Å². The van der Waals surface area contributed by atoms with Crippen LogP contribution in [0.3, 0.4) is 0 Å². The van der Waals surface area contributed by atoms with Crippen molar-refractivity contribution in [2.45, 2.75) is 0 Å². The number of hydrogen-bond donors (Lipinski definition) is 0. The van der Waals surface area contributed by atoms with Crippen molar-refractivity contribution in [1.29, 1.82) is 0 Å². The Morgan fingerprint density at radius 2 is 1.09 bits per heavy atom. The van der Waals surface area contributed by atoms with Crippen molar-refractivity contribution in [2.75, 3.05) is 0 Å². The van der Waals surface area contributed by atoms with E-state index in [2.05, 4.69) is 131 Å². The van der Waals surface area contributed by atoms with E-state index in [4.69, 9.17) is 0 Å². The molecule has 156 valence electrons. The van der Waals surface area contributed by atoms with E-state index >= 15 is 0 Å². The molecule has 0 bridgehead atoms. The van der Waals surface area contributed by atoms with E-state index in [0.29, 0.717) is 0 Å². The molecule has 0 unspecified atom stereocenters. The largest absolute Gasteiger partial charge is 0.344 e. The van der Waals surface area contributed by atoms with Gasteiger partial charge in [0.05, 0.1) is 16.6 Å². The van der Waals surface area contributed by atoms with E-state index < -0.39 is 0 Å². The number of fused-ring (bicyclic) bond motifs is 7. The topological polar surface area (TPSA) is 9.86 Å². The Bertz CT molecular complexity index is 1800. The van der Waals surface area contributed by atoms with Gasteiger partial charge in [-0.3, -0.25) is 0 Å². The number of rotatable bonds is 2. The molecular weight excluding hydrogens is 400 g/mol. The maximum absolute atomic E-state index is 2.45. The number of para-hydroxylation sites is 3. The summed E-state index contributed by atoms with van der Waals surface area (Å²) >= 11 is 0. The van der Waals surface area contributed by atoms with Crippen molar-refractivity contribution in [3.8, 4) is 16.8 Å². The van der Waals surface area contributed by atoms with Crippen molar-refractivity contribution in [1.82, 2.24) is 9.13 Å². The Kier molecular flexibility index (Phi) is 3.80. The van der Waals surface area contributed by atoms with Gasteiger partial charge in [-0.1, -0.05) is 84.9 Å².